The molecule has 0 saturated carbocycles. The van der Waals surface area contributed by atoms with E-state index in [0.717, 1.165) is 81.8 Å². The third-order valence-corrected chi connectivity index (χ3v) is 4.83. The van der Waals surface area contributed by atoms with Crippen molar-refractivity contribution in [2.45, 2.75) is 19.8 Å². The lowest BCUT2D eigenvalue weighted by atomic mass is 10.1. The summed E-state index contributed by atoms with van der Waals surface area (Å²) in [5.41, 5.74) is 1.01. The van der Waals surface area contributed by atoms with Gasteiger partial charge in [0.2, 0.25) is 0 Å². The van der Waals surface area contributed by atoms with Crippen molar-refractivity contribution in [3.05, 3.63) is 17.7 Å². The van der Waals surface area contributed by atoms with Crippen LogP contribution in [0.15, 0.2) is 17.1 Å². The fourth-order valence-corrected chi connectivity index (χ4v) is 3.28. The maximum absolute atomic E-state index is 5.53. The van der Waals surface area contributed by atoms with E-state index >= 15 is 0 Å². The maximum Gasteiger partial charge on any atom is 0.191 e. The average Bonchev–Trinajstić information content (AvgIpc) is 2.77. The van der Waals surface area contributed by atoms with Crippen molar-refractivity contribution in [1.82, 2.24) is 15.5 Å². The highest BCUT2D eigenvalue weighted by molar-refractivity contribution is 14.0. The quantitative estimate of drug-likeness (QED) is 0.194. The van der Waals surface area contributed by atoms with Crippen molar-refractivity contribution < 1.29 is 18.9 Å². The van der Waals surface area contributed by atoms with Crippen molar-refractivity contribution in [2.24, 2.45) is 4.99 Å². The molecule has 0 spiro atoms. The van der Waals surface area contributed by atoms with E-state index in [-0.39, 0.29) is 24.0 Å². The van der Waals surface area contributed by atoms with Gasteiger partial charge < -0.3 is 29.6 Å². The number of benzene rings is 1. The molecule has 2 rings (SSSR count). The second-order valence-electron chi connectivity index (χ2n) is 6.76. The van der Waals surface area contributed by atoms with Gasteiger partial charge in [0.15, 0.2) is 5.96 Å². The van der Waals surface area contributed by atoms with Crippen molar-refractivity contribution in [3.63, 3.8) is 0 Å². The Bertz CT molecular complexity index is 614. The third-order valence-electron chi connectivity index (χ3n) is 4.83. The second-order valence-corrected chi connectivity index (χ2v) is 6.76. The van der Waals surface area contributed by atoms with Crippen LogP contribution in [0.5, 0.6) is 17.2 Å². The fraction of sp³-hybridized carbons (Fsp3) is 0.667. The molecule has 1 aliphatic heterocycles. The molecule has 0 radical (unpaired) electrons. The van der Waals surface area contributed by atoms with Gasteiger partial charge in [0.05, 0.1) is 34.5 Å². The molecule has 0 unspecified atom stereocenters. The van der Waals surface area contributed by atoms with Gasteiger partial charge in [-0.25, -0.2) is 0 Å². The Hall–Kier alpha value is -1.46. The number of guanidine groups is 1. The van der Waals surface area contributed by atoms with Crippen molar-refractivity contribution in [2.75, 3.05) is 73.8 Å². The lowest BCUT2D eigenvalue weighted by molar-refractivity contribution is 0.0377. The summed E-state index contributed by atoms with van der Waals surface area (Å²) < 4.78 is 21.8. The van der Waals surface area contributed by atoms with Crippen LogP contribution in [0.3, 0.4) is 0 Å². The number of nitrogens with zero attached hydrogens (tertiary/aromatic N) is 2. The van der Waals surface area contributed by atoms with Crippen molar-refractivity contribution in [3.8, 4) is 17.2 Å². The summed E-state index contributed by atoms with van der Waals surface area (Å²) in [6.45, 7) is 9.19. The van der Waals surface area contributed by atoms with Crippen LogP contribution in [0.4, 0.5) is 0 Å². The average molecular weight is 536 g/mol. The molecular weight excluding hydrogens is 499 g/mol. The number of morpholine rings is 1. The summed E-state index contributed by atoms with van der Waals surface area (Å²) in [6.07, 6.45) is 1.78. The van der Waals surface area contributed by atoms with Crippen LogP contribution < -0.4 is 24.8 Å². The highest BCUT2D eigenvalue weighted by Crippen LogP contribution is 2.34. The number of rotatable bonds is 11. The second kappa shape index (κ2) is 15.4. The molecule has 1 saturated heterocycles. The molecule has 8 nitrogen and oxygen atoms in total. The molecule has 0 bridgehead atoms. The van der Waals surface area contributed by atoms with E-state index in [1.807, 2.05) is 12.1 Å². The Balaban J connectivity index is 0.00000450. The highest BCUT2D eigenvalue weighted by Gasteiger charge is 2.13. The first-order valence-corrected chi connectivity index (χ1v) is 10.3. The summed E-state index contributed by atoms with van der Waals surface area (Å²) in [5.74, 6) is 3.07. The molecule has 30 heavy (non-hydrogen) atoms. The maximum atomic E-state index is 5.53. The number of methoxy groups -OCH3 is 3. The summed E-state index contributed by atoms with van der Waals surface area (Å²) in [7, 11) is 4.95. The Kier molecular flexibility index (Phi) is 13.6. The number of hydrogen-bond acceptors (Lipinski definition) is 6. The number of nitrogens with one attached hydrogen (secondary N) is 2. The number of hydrogen-bond donors (Lipinski definition) is 2. The van der Waals surface area contributed by atoms with E-state index in [9.17, 15) is 0 Å². The molecule has 0 aliphatic carbocycles. The van der Waals surface area contributed by atoms with Gasteiger partial charge >= 0.3 is 0 Å². The fourth-order valence-electron chi connectivity index (χ4n) is 3.28. The van der Waals surface area contributed by atoms with Gasteiger partial charge in [0, 0.05) is 57.0 Å². The zero-order valence-electron chi connectivity index (χ0n) is 18.7. The Labute approximate surface area is 197 Å². The van der Waals surface area contributed by atoms with Crippen LogP contribution in [0.1, 0.15) is 18.9 Å². The molecule has 0 atom stereocenters. The van der Waals surface area contributed by atoms with E-state index in [1.54, 1.807) is 21.3 Å². The first kappa shape index (κ1) is 26.6. The van der Waals surface area contributed by atoms with Gasteiger partial charge in [-0.05, 0) is 19.8 Å². The largest absolute Gasteiger partial charge is 0.496 e. The molecule has 1 aliphatic rings. The number of halogens is 1. The normalized spacial score (nSPS) is 14.6. The zero-order chi connectivity index (χ0) is 20.9. The topological polar surface area (TPSA) is 76.6 Å². The van der Waals surface area contributed by atoms with Crippen LogP contribution in [-0.2, 0) is 11.2 Å². The van der Waals surface area contributed by atoms with Gasteiger partial charge in [-0.2, -0.15) is 0 Å². The monoisotopic (exact) mass is 536 g/mol. The molecule has 9 heteroatoms. The van der Waals surface area contributed by atoms with Crippen LogP contribution in [0.25, 0.3) is 0 Å². The van der Waals surface area contributed by atoms with Gasteiger partial charge in [-0.15, -0.1) is 24.0 Å². The minimum atomic E-state index is 0. The minimum absolute atomic E-state index is 0. The van der Waals surface area contributed by atoms with Crippen LogP contribution in [0, 0.1) is 0 Å². The summed E-state index contributed by atoms with van der Waals surface area (Å²) >= 11 is 0. The highest BCUT2D eigenvalue weighted by atomic mass is 127. The smallest absolute Gasteiger partial charge is 0.191 e. The molecule has 2 N–H and O–H groups in total. The molecule has 1 heterocycles. The molecule has 1 aromatic rings. The van der Waals surface area contributed by atoms with Gasteiger partial charge in [0.25, 0.3) is 0 Å². The van der Waals surface area contributed by atoms with E-state index in [1.165, 1.54) is 0 Å². The van der Waals surface area contributed by atoms with Gasteiger partial charge in [0.1, 0.15) is 17.2 Å². The molecular formula is C21H37IN4O4. The molecule has 1 aromatic carbocycles. The SMILES string of the molecule is CCNC(=NCCCN1CCOCC1)NCCc1c(OC)cc(OC)cc1OC.I. The predicted octanol–water partition coefficient (Wildman–Crippen LogP) is 2.15. The molecule has 172 valence electrons. The van der Waals surface area contributed by atoms with Crippen LogP contribution >= 0.6 is 24.0 Å². The number of ether oxygens (including phenoxy) is 4. The molecule has 1 fully saturated rings. The standard InChI is InChI=1S/C21H36N4O4.HI/c1-5-22-21(23-8-6-10-25-11-13-29-14-12-25)24-9-7-18-19(27-3)15-17(26-2)16-20(18)28-4;/h15-16H,5-14H2,1-4H3,(H2,22,23,24);1H. The van der Waals surface area contributed by atoms with Crippen LogP contribution in [-0.4, -0.2) is 84.7 Å². The van der Waals surface area contributed by atoms with Gasteiger partial charge in [-0.1, -0.05) is 0 Å². The lowest BCUT2D eigenvalue weighted by Gasteiger charge is -2.26. The lowest BCUT2D eigenvalue weighted by Crippen LogP contribution is -2.39. The van der Waals surface area contributed by atoms with E-state index in [2.05, 4.69) is 22.5 Å². The van der Waals surface area contributed by atoms with Gasteiger partial charge in [-0.3, -0.25) is 9.89 Å². The number of aliphatic imine (C=N–C) groups is 1. The summed E-state index contributed by atoms with van der Waals surface area (Å²) in [4.78, 5) is 7.13. The third kappa shape index (κ3) is 8.73. The first-order chi connectivity index (χ1) is 14.2. The Morgan fingerprint density at radius 2 is 1.73 bits per heavy atom. The van der Waals surface area contributed by atoms with Crippen molar-refractivity contribution in [1.29, 1.82) is 0 Å². The van der Waals surface area contributed by atoms with E-state index in [4.69, 9.17) is 23.9 Å². The first-order valence-electron chi connectivity index (χ1n) is 10.3. The Morgan fingerprint density at radius 1 is 1.07 bits per heavy atom. The zero-order valence-corrected chi connectivity index (χ0v) is 21.0. The molecule has 0 amide bonds. The van der Waals surface area contributed by atoms with E-state index in [0.29, 0.717) is 12.3 Å². The van der Waals surface area contributed by atoms with E-state index < -0.39 is 0 Å². The summed E-state index contributed by atoms with van der Waals surface area (Å²) in [5, 5.41) is 6.71. The van der Waals surface area contributed by atoms with Crippen molar-refractivity contribution >= 4 is 29.9 Å². The van der Waals surface area contributed by atoms with Crippen LogP contribution in [0.2, 0.25) is 0 Å². The predicted molar refractivity (Wildman–Crippen MR) is 131 cm³/mol. The summed E-state index contributed by atoms with van der Waals surface area (Å²) in [6, 6.07) is 3.76. The molecule has 0 aromatic heterocycles. The Morgan fingerprint density at radius 3 is 2.30 bits per heavy atom. The minimum Gasteiger partial charge on any atom is -0.496 e.